The highest BCUT2D eigenvalue weighted by Crippen LogP contribution is 2.32. The lowest BCUT2D eigenvalue weighted by molar-refractivity contribution is 0.0618. The Balaban J connectivity index is 1.98. The van der Waals surface area contributed by atoms with Crippen molar-refractivity contribution in [2.45, 2.75) is 39.2 Å². The number of benzene rings is 1. The van der Waals surface area contributed by atoms with Gasteiger partial charge in [-0.05, 0) is 38.7 Å². The zero-order valence-corrected chi connectivity index (χ0v) is 14.5. The molecule has 4 nitrogen and oxygen atoms in total. The van der Waals surface area contributed by atoms with Crippen LogP contribution in [0.25, 0.3) is 10.4 Å². The number of nitrogens with two attached hydrogens (primary N) is 1. The van der Waals surface area contributed by atoms with Gasteiger partial charge in [-0.3, -0.25) is 4.79 Å². The molecule has 1 fully saturated rings. The van der Waals surface area contributed by atoms with E-state index in [1.807, 2.05) is 24.0 Å². The molecule has 0 aliphatic carbocycles. The molecule has 3 rings (SSSR count). The Bertz CT molecular complexity index is 710. The quantitative estimate of drug-likeness (QED) is 0.939. The van der Waals surface area contributed by atoms with E-state index < -0.39 is 0 Å². The molecular formula is C18H23N3OS. The van der Waals surface area contributed by atoms with Crippen molar-refractivity contribution in [3.63, 3.8) is 0 Å². The molecule has 1 aromatic heterocycles. The molecule has 1 atom stereocenters. The van der Waals surface area contributed by atoms with Gasteiger partial charge < -0.3 is 10.6 Å². The lowest BCUT2D eigenvalue weighted by Crippen LogP contribution is -2.47. The Hall–Kier alpha value is -1.72. The van der Waals surface area contributed by atoms with Gasteiger partial charge in [0.15, 0.2) is 0 Å². The Labute approximate surface area is 141 Å². The number of piperidine rings is 1. The molecule has 0 bridgehead atoms. The Morgan fingerprint density at radius 3 is 2.96 bits per heavy atom. The van der Waals surface area contributed by atoms with E-state index in [0.717, 1.165) is 41.3 Å². The average Bonchev–Trinajstić information content (AvgIpc) is 2.96. The molecule has 1 aliphatic rings. The maximum absolute atomic E-state index is 13.1. The first kappa shape index (κ1) is 16.1. The molecule has 1 saturated heterocycles. The number of carbonyl (C=O) groups excluding carboxylic acids is 1. The molecule has 2 heterocycles. The first-order valence-electron chi connectivity index (χ1n) is 8.15. The van der Waals surface area contributed by atoms with Gasteiger partial charge in [0.25, 0.3) is 5.91 Å². The third-order valence-corrected chi connectivity index (χ3v) is 5.40. The Morgan fingerprint density at radius 2 is 2.22 bits per heavy atom. The van der Waals surface area contributed by atoms with Crippen molar-refractivity contribution in [2.24, 2.45) is 5.73 Å². The number of hydrogen-bond acceptors (Lipinski definition) is 4. The third-order valence-electron chi connectivity index (χ3n) is 4.38. The normalized spacial score (nSPS) is 18.2. The van der Waals surface area contributed by atoms with Gasteiger partial charge in [0, 0.05) is 19.1 Å². The van der Waals surface area contributed by atoms with E-state index in [0.29, 0.717) is 12.2 Å². The number of aryl methyl sites for hydroxylation is 2. The number of aromatic nitrogens is 1. The first-order chi connectivity index (χ1) is 11.1. The maximum Gasteiger partial charge on any atom is 0.274 e. The van der Waals surface area contributed by atoms with Crippen molar-refractivity contribution in [1.82, 2.24) is 9.88 Å². The fourth-order valence-corrected chi connectivity index (χ4v) is 4.11. The van der Waals surface area contributed by atoms with Gasteiger partial charge in [-0.1, -0.05) is 29.8 Å². The van der Waals surface area contributed by atoms with Crippen LogP contribution >= 0.6 is 11.3 Å². The molecular weight excluding hydrogens is 306 g/mol. The smallest absolute Gasteiger partial charge is 0.274 e. The van der Waals surface area contributed by atoms with Crippen molar-refractivity contribution in [3.8, 4) is 10.4 Å². The van der Waals surface area contributed by atoms with Gasteiger partial charge in [-0.2, -0.15) is 0 Å². The molecule has 0 unspecified atom stereocenters. The van der Waals surface area contributed by atoms with E-state index >= 15 is 0 Å². The van der Waals surface area contributed by atoms with Crippen LogP contribution in [-0.4, -0.2) is 34.9 Å². The molecule has 0 saturated carbocycles. The van der Waals surface area contributed by atoms with E-state index in [4.69, 9.17) is 5.73 Å². The van der Waals surface area contributed by atoms with Crippen molar-refractivity contribution in [3.05, 3.63) is 40.5 Å². The van der Waals surface area contributed by atoms with Crippen LogP contribution in [0.2, 0.25) is 0 Å². The zero-order chi connectivity index (χ0) is 16.4. The van der Waals surface area contributed by atoms with Gasteiger partial charge >= 0.3 is 0 Å². The van der Waals surface area contributed by atoms with E-state index in [-0.39, 0.29) is 11.9 Å². The highest BCUT2D eigenvalue weighted by atomic mass is 32.1. The first-order valence-corrected chi connectivity index (χ1v) is 8.97. The Kier molecular flexibility index (Phi) is 4.78. The van der Waals surface area contributed by atoms with Gasteiger partial charge in [-0.15, -0.1) is 11.3 Å². The molecule has 1 amide bonds. The van der Waals surface area contributed by atoms with Crippen molar-refractivity contribution in [1.29, 1.82) is 0 Å². The summed E-state index contributed by atoms with van der Waals surface area (Å²) in [6, 6.07) is 8.39. The van der Waals surface area contributed by atoms with Gasteiger partial charge in [0.05, 0.1) is 9.88 Å². The Morgan fingerprint density at radius 1 is 1.39 bits per heavy atom. The number of thiazole rings is 1. The summed E-state index contributed by atoms with van der Waals surface area (Å²) in [5.74, 6) is 0.0287. The van der Waals surface area contributed by atoms with Crippen LogP contribution in [0.4, 0.5) is 0 Å². The van der Waals surface area contributed by atoms with Crippen LogP contribution in [-0.2, 0) is 0 Å². The second kappa shape index (κ2) is 6.81. The number of carbonyl (C=O) groups is 1. The summed E-state index contributed by atoms with van der Waals surface area (Å²) in [6.07, 6.45) is 3.18. The van der Waals surface area contributed by atoms with E-state index in [2.05, 4.69) is 24.0 Å². The highest BCUT2D eigenvalue weighted by Gasteiger charge is 2.30. The van der Waals surface area contributed by atoms with Crippen LogP contribution < -0.4 is 5.73 Å². The predicted octanol–water partition coefficient (Wildman–Crippen LogP) is 3.38. The standard InChI is InChI=1S/C18H23N3OS/c1-12-6-5-7-14(10-12)17-16(20-13(2)23-17)18(22)21-9-4-3-8-15(21)11-19/h5-7,10,15H,3-4,8-9,11,19H2,1-2H3/t15-/m0/s1. The molecule has 0 radical (unpaired) electrons. The summed E-state index contributed by atoms with van der Waals surface area (Å²) in [5.41, 5.74) is 8.71. The summed E-state index contributed by atoms with van der Waals surface area (Å²) in [5, 5.41) is 0.922. The molecule has 2 N–H and O–H groups in total. The minimum atomic E-state index is 0.0287. The topological polar surface area (TPSA) is 59.2 Å². The molecule has 5 heteroatoms. The molecule has 122 valence electrons. The van der Waals surface area contributed by atoms with Crippen LogP contribution in [0, 0.1) is 13.8 Å². The van der Waals surface area contributed by atoms with E-state index in [9.17, 15) is 4.79 Å². The molecule has 23 heavy (non-hydrogen) atoms. The number of hydrogen-bond donors (Lipinski definition) is 1. The van der Waals surface area contributed by atoms with Crippen LogP contribution in [0.5, 0.6) is 0 Å². The second-order valence-electron chi connectivity index (χ2n) is 6.16. The van der Waals surface area contributed by atoms with Crippen molar-refractivity contribution >= 4 is 17.2 Å². The summed E-state index contributed by atoms with van der Waals surface area (Å²) in [4.78, 5) is 20.5. The lowest BCUT2D eigenvalue weighted by Gasteiger charge is -2.34. The van der Waals surface area contributed by atoms with Crippen LogP contribution in [0.3, 0.4) is 0 Å². The summed E-state index contributed by atoms with van der Waals surface area (Å²) in [6.45, 7) is 5.32. The summed E-state index contributed by atoms with van der Waals surface area (Å²) in [7, 11) is 0. The van der Waals surface area contributed by atoms with Crippen molar-refractivity contribution < 1.29 is 4.79 Å². The molecule has 1 aliphatic heterocycles. The van der Waals surface area contributed by atoms with Gasteiger partial charge in [0.2, 0.25) is 0 Å². The molecule has 0 spiro atoms. The number of rotatable bonds is 3. The largest absolute Gasteiger partial charge is 0.333 e. The second-order valence-corrected chi connectivity index (χ2v) is 7.37. The minimum Gasteiger partial charge on any atom is -0.333 e. The van der Waals surface area contributed by atoms with Crippen molar-refractivity contribution in [2.75, 3.05) is 13.1 Å². The highest BCUT2D eigenvalue weighted by molar-refractivity contribution is 7.15. The van der Waals surface area contributed by atoms with Crippen LogP contribution in [0.15, 0.2) is 24.3 Å². The van der Waals surface area contributed by atoms with E-state index in [1.165, 1.54) is 5.56 Å². The fraction of sp³-hybridized carbons (Fsp3) is 0.444. The monoisotopic (exact) mass is 329 g/mol. The maximum atomic E-state index is 13.1. The average molecular weight is 329 g/mol. The predicted molar refractivity (Wildman–Crippen MR) is 94.8 cm³/mol. The number of amides is 1. The number of nitrogens with zero attached hydrogens (tertiary/aromatic N) is 2. The number of likely N-dealkylation sites (tertiary alicyclic amines) is 1. The third kappa shape index (κ3) is 3.31. The minimum absolute atomic E-state index is 0.0287. The molecule has 1 aromatic carbocycles. The van der Waals surface area contributed by atoms with Gasteiger partial charge in [0.1, 0.15) is 5.69 Å². The lowest BCUT2D eigenvalue weighted by atomic mass is 10.0. The summed E-state index contributed by atoms with van der Waals surface area (Å²) >= 11 is 1.59. The summed E-state index contributed by atoms with van der Waals surface area (Å²) < 4.78 is 0. The van der Waals surface area contributed by atoms with Crippen LogP contribution in [0.1, 0.15) is 40.3 Å². The van der Waals surface area contributed by atoms with Gasteiger partial charge in [-0.25, -0.2) is 4.98 Å². The zero-order valence-electron chi connectivity index (χ0n) is 13.7. The van der Waals surface area contributed by atoms with E-state index in [1.54, 1.807) is 11.3 Å². The molecule has 2 aromatic rings. The SMILES string of the molecule is Cc1cccc(-c2sc(C)nc2C(=O)N2CCCC[C@H]2CN)c1. The fourth-order valence-electron chi connectivity index (χ4n) is 3.20.